The summed E-state index contributed by atoms with van der Waals surface area (Å²) in [5, 5.41) is 4.91. The lowest BCUT2D eigenvalue weighted by molar-refractivity contribution is -0.117. The van der Waals surface area contributed by atoms with Gasteiger partial charge in [0.25, 0.3) is 5.91 Å². The van der Waals surface area contributed by atoms with Crippen molar-refractivity contribution in [3.05, 3.63) is 58.5 Å². The second-order valence-electron chi connectivity index (χ2n) is 10.1. The van der Waals surface area contributed by atoms with Crippen molar-refractivity contribution in [1.82, 2.24) is 19.5 Å². The standard InChI is InChI=1S/C27H31N5O2/c1-17-8-11-23(30-13-5-7-26(30)33)20(14-17)27(34)31-12-4-3-6-24(31)22-16-25-28-21(19-9-10-19)15-18(2)32(25)29-22/h8,11,14-16,19,24H,3-7,9-10,12-13H2,1-2H3. The van der Waals surface area contributed by atoms with Gasteiger partial charge in [-0.3, -0.25) is 9.59 Å². The second-order valence-corrected chi connectivity index (χ2v) is 10.1. The Bertz CT molecular complexity index is 1290. The van der Waals surface area contributed by atoms with Gasteiger partial charge in [-0.1, -0.05) is 11.6 Å². The SMILES string of the molecule is Cc1ccc(N2CCCC2=O)c(C(=O)N2CCCCC2c2cc3nc(C4CC4)cc(C)n3n2)c1. The predicted molar refractivity (Wildman–Crippen MR) is 130 cm³/mol. The van der Waals surface area contributed by atoms with Crippen LogP contribution in [0.25, 0.3) is 5.65 Å². The monoisotopic (exact) mass is 457 g/mol. The molecule has 4 heterocycles. The average molecular weight is 458 g/mol. The summed E-state index contributed by atoms with van der Waals surface area (Å²) in [6.45, 7) is 5.44. The minimum Gasteiger partial charge on any atom is -0.330 e. The molecule has 3 fully saturated rings. The molecule has 1 atom stereocenters. The molecular weight excluding hydrogens is 426 g/mol. The molecule has 2 amide bonds. The van der Waals surface area contributed by atoms with Crippen LogP contribution in [0.15, 0.2) is 30.3 Å². The van der Waals surface area contributed by atoms with Crippen LogP contribution < -0.4 is 4.90 Å². The number of nitrogens with zero attached hydrogens (tertiary/aromatic N) is 5. The molecule has 7 nitrogen and oxygen atoms in total. The number of likely N-dealkylation sites (tertiary alicyclic amines) is 1. The number of benzene rings is 1. The lowest BCUT2D eigenvalue weighted by atomic mass is 9.97. The minimum absolute atomic E-state index is 0.0106. The highest BCUT2D eigenvalue weighted by molar-refractivity contribution is 6.05. The van der Waals surface area contributed by atoms with Gasteiger partial charge in [-0.2, -0.15) is 5.10 Å². The van der Waals surface area contributed by atoms with Crippen molar-refractivity contribution in [1.29, 1.82) is 0 Å². The van der Waals surface area contributed by atoms with Crippen LogP contribution in [0.3, 0.4) is 0 Å². The summed E-state index contributed by atoms with van der Waals surface area (Å²) in [6, 6.07) is 9.98. The number of piperidine rings is 1. The van der Waals surface area contributed by atoms with E-state index in [1.165, 1.54) is 12.8 Å². The fraction of sp³-hybridized carbons (Fsp3) is 0.481. The van der Waals surface area contributed by atoms with Crippen LogP contribution in [0.4, 0.5) is 5.69 Å². The van der Waals surface area contributed by atoms with E-state index in [2.05, 4.69) is 19.1 Å². The van der Waals surface area contributed by atoms with Crippen molar-refractivity contribution in [2.45, 2.75) is 70.8 Å². The van der Waals surface area contributed by atoms with Crippen molar-refractivity contribution in [2.75, 3.05) is 18.0 Å². The van der Waals surface area contributed by atoms with E-state index in [4.69, 9.17) is 10.1 Å². The molecular formula is C27H31N5O2. The summed E-state index contributed by atoms with van der Waals surface area (Å²) in [5.41, 5.74) is 6.40. The van der Waals surface area contributed by atoms with Gasteiger partial charge in [0.1, 0.15) is 0 Å². The zero-order valence-corrected chi connectivity index (χ0v) is 20.0. The number of fused-ring (bicyclic) bond motifs is 1. The third-order valence-electron chi connectivity index (χ3n) is 7.49. The summed E-state index contributed by atoms with van der Waals surface area (Å²) < 4.78 is 1.92. The summed E-state index contributed by atoms with van der Waals surface area (Å²) in [6.07, 6.45) is 6.73. The number of anilines is 1. The maximum atomic E-state index is 14.0. The topological polar surface area (TPSA) is 70.8 Å². The first-order valence-corrected chi connectivity index (χ1v) is 12.6. The Kier molecular flexibility index (Phi) is 5.15. The van der Waals surface area contributed by atoms with Crippen LogP contribution in [0.1, 0.15) is 89.9 Å². The Hall–Kier alpha value is -3.22. The van der Waals surface area contributed by atoms with Gasteiger partial charge in [0.2, 0.25) is 5.91 Å². The lowest BCUT2D eigenvalue weighted by Crippen LogP contribution is -2.39. The number of rotatable bonds is 4. The summed E-state index contributed by atoms with van der Waals surface area (Å²) in [7, 11) is 0. The number of hydrogen-bond acceptors (Lipinski definition) is 4. The number of aryl methyl sites for hydroxylation is 2. The Labute approximate surface area is 199 Å². The number of carbonyl (C=O) groups excluding carboxylic acids is 2. The fourth-order valence-corrected chi connectivity index (χ4v) is 5.52. The largest absolute Gasteiger partial charge is 0.330 e. The van der Waals surface area contributed by atoms with E-state index in [0.29, 0.717) is 31.0 Å². The number of carbonyl (C=O) groups is 2. The maximum absolute atomic E-state index is 14.0. The number of aromatic nitrogens is 3. The van der Waals surface area contributed by atoms with Crippen molar-refractivity contribution in [3.63, 3.8) is 0 Å². The van der Waals surface area contributed by atoms with Crippen molar-refractivity contribution < 1.29 is 9.59 Å². The fourth-order valence-electron chi connectivity index (χ4n) is 5.52. The van der Waals surface area contributed by atoms with E-state index in [0.717, 1.165) is 59.7 Å². The molecule has 0 bridgehead atoms. The summed E-state index contributed by atoms with van der Waals surface area (Å²) >= 11 is 0. The van der Waals surface area contributed by atoms with Gasteiger partial charge in [-0.15, -0.1) is 0 Å². The molecule has 1 unspecified atom stereocenters. The van der Waals surface area contributed by atoms with E-state index < -0.39 is 0 Å². The molecule has 1 aromatic carbocycles. The molecule has 3 aliphatic rings. The van der Waals surface area contributed by atoms with Gasteiger partial charge in [-0.05, 0) is 70.6 Å². The predicted octanol–water partition coefficient (Wildman–Crippen LogP) is 4.72. The Morgan fingerprint density at radius 3 is 2.59 bits per heavy atom. The summed E-state index contributed by atoms with van der Waals surface area (Å²) in [4.78, 5) is 35.1. The Morgan fingerprint density at radius 2 is 1.82 bits per heavy atom. The van der Waals surface area contributed by atoms with E-state index >= 15 is 0 Å². The van der Waals surface area contributed by atoms with Gasteiger partial charge in [0.05, 0.1) is 23.0 Å². The van der Waals surface area contributed by atoms with Crippen LogP contribution in [0.5, 0.6) is 0 Å². The lowest BCUT2D eigenvalue weighted by Gasteiger charge is -2.35. The molecule has 6 rings (SSSR count). The molecule has 176 valence electrons. The second kappa shape index (κ2) is 8.22. The molecule has 0 radical (unpaired) electrons. The van der Waals surface area contributed by atoms with Crippen molar-refractivity contribution in [3.8, 4) is 0 Å². The Balaban J connectivity index is 1.37. The molecule has 34 heavy (non-hydrogen) atoms. The smallest absolute Gasteiger partial charge is 0.256 e. The van der Waals surface area contributed by atoms with E-state index in [1.54, 1.807) is 4.90 Å². The van der Waals surface area contributed by atoms with E-state index in [1.807, 2.05) is 34.5 Å². The van der Waals surface area contributed by atoms with Crippen LogP contribution in [-0.2, 0) is 4.79 Å². The normalized spacial score (nSPS) is 21.0. The molecule has 7 heteroatoms. The van der Waals surface area contributed by atoms with Gasteiger partial charge in [0, 0.05) is 42.9 Å². The quantitative estimate of drug-likeness (QED) is 0.569. The molecule has 0 N–H and O–H groups in total. The summed E-state index contributed by atoms with van der Waals surface area (Å²) in [5.74, 6) is 0.674. The molecule has 1 saturated carbocycles. The highest BCUT2D eigenvalue weighted by atomic mass is 16.2. The minimum atomic E-state index is -0.0885. The van der Waals surface area contributed by atoms with Crippen LogP contribution in [0.2, 0.25) is 0 Å². The molecule has 2 aliphatic heterocycles. The zero-order chi connectivity index (χ0) is 23.4. The average Bonchev–Trinajstić information content (AvgIpc) is 3.46. The van der Waals surface area contributed by atoms with Crippen LogP contribution in [0, 0.1) is 13.8 Å². The molecule has 2 aromatic heterocycles. The third-order valence-corrected chi connectivity index (χ3v) is 7.49. The van der Waals surface area contributed by atoms with Crippen LogP contribution in [-0.4, -0.2) is 44.4 Å². The molecule has 0 spiro atoms. The van der Waals surface area contributed by atoms with Gasteiger partial charge in [0.15, 0.2) is 5.65 Å². The first kappa shape index (κ1) is 21.3. The highest BCUT2D eigenvalue weighted by Crippen LogP contribution is 2.40. The Morgan fingerprint density at radius 1 is 0.971 bits per heavy atom. The molecule has 3 aromatic rings. The first-order valence-electron chi connectivity index (χ1n) is 12.6. The zero-order valence-electron chi connectivity index (χ0n) is 20.0. The van der Waals surface area contributed by atoms with Gasteiger partial charge >= 0.3 is 0 Å². The first-order chi connectivity index (χ1) is 16.5. The van der Waals surface area contributed by atoms with Crippen LogP contribution >= 0.6 is 0 Å². The van der Waals surface area contributed by atoms with E-state index in [-0.39, 0.29) is 17.9 Å². The molecule has 1 aliphatic carbocycles. The van der Waals surface area contributed by atoms with Gasteiger partial charge < -0.3 is 9.80 Å². The molecule has 2 saturated heterocycles. The van der Waals surface area contributed by atoms with E-state index in [9.17, 15) is 9.59 Å². The van der Waals surface area contributed by atoms with Gasteiger partial charge in [-0.25, -0.2) is 9.50 Å². The van der Waals surface area contributed by atoms with Crippen molar-refractivity contribution >= 4 is 23.1 Å². The maximum Gasteiger partial charge on any atom is 0.256 e. The third kappa shape index (κ3) is 3.67. The number of amides is 2. The highest BCUT2D eigenvalue weighted by Gasteiger charge is 2.34. The van der Waals surface area contributed by atoms with Crippen molar-refractivity contribution in [2.24, 2.45) is 0 Å². The number of hydrogen-bond donors (Lipinski definition) is 0.